The van der Waals surface area contributed by atoms with Gasteiger partial charge in [0.1, 0.15) is 0 Å². The Kier molecular flexibility index (Phi) is 5.76. The van der Waals surface area contributed by atoms with Gasteiger partial charge in [-0.1, -0.05) is 24.8 Å². The number of anilines is 1. The smallest absolute Gasteiger partial charge is 0.0402 e. The van der Waals surface area contributed by atoms with Crippen molar-refractivity contribution in [3.63, 3.8) is 0 Å². The summed E-state index contributed by atoms with van der Waals surface area (Å²) in [7, 11) is 0. The van der Waals surface area contributed by atoms with Gasteiger partial charge in [0.25, 0.3) is 0 Å². The summed E-state index contributed by atoms with van der Waals surface area (Å²) in [6.07, 6.45) is 8.12. The van der Waals surface area contributed by atoms with Crippen molar-refractivity contribution >= 4 is 17.5 Å². The molecular weight excluding hydrogens is 268 g/mol. The highest BCUT2D eigenvalue weighted by atomic mass is 15.1. The molecule has 2 rings (SSSR count). The largest absolute Gasteiger partial charge is 0.372 e. The molecule has 2 heteroatoms. The first-order valence-corrected chi connectivity index (χ1v) is 8.12. The third-order valence-electron chi connectivity index (χ3n) is 4.15. The summed E-state index contributed by atoms with van der Waals surface area (Å²) >= 11 is 0. The minimum atomic E-state index is 0.993. The van der Waals surface area contributed by atoms with Crippen LogP contribution in [0.25, 0.3) is 5.57 Å². The second kappa shape index (κ2) is 7.79. The van der Waals surface area contributed by atoms with Crippen LogP contribution in [-0.2, 0) is 0 Å². The molecule has 0 bridgehead atoms. The van der Waals surface area contributed by atoms with E-state index in [1.54, 1.807) is 0 Å². The van der Waals surface area contributed by atoms with Gasteiger partial charge in [-0.3, -0.25) is 4.99 Å². The number of hydrogen-bond donors (Lipinski definition) is 0. The molecule has 22 heavy (non-hydrogen) atoms. The Bertz CT molecular complexity index is 599. The zero-order valence-corrected chi connectivity index (χ0v) is 14.0. The monoisotopic (exact) mass is 294 g/mol. The van der Waals surface area contributed by atoms with E-state index in [4.69, 9.17) is 0 Å². The van der Waals surface area contributed by atoms with E-state index in [0.29, 0.717) is 0 Å². The summed E-state index contributed by atoms with van der Waals surface area (Å²) in [6, 6.07) is 8.75. The number of allylic oxidation sites excluding steroid dienone is 5. The van der Waals surface area contributed by atoms with E-state index in [2.05, 4.69) is 66.7 Å². The second-order valence-corrected chi connectivity index (χ2v) is 5.43. The number of aliphatic imine (C=N–C) groups is 1. The fraction of sp³-hybridized carbons (Fsp3) is 0.350. The molecule has 0 radical (unpaired) electrons. The van der Waals surface area contributed by atoms with E-state index in [1.807, 2.05) is 13.1 Å². The summed E-state index contributed by atoms with van der Waals surface area (Å²) in [6.45, 7) is 12.7. The lowest BCUT2D eigenvalue weighted by Gasteiger charge is -2.21. The third-order valence-corrected chi connectivity index (χ3v) is 4.15. The minimum Gasteiger partial charge on any atom is -0.372 e. The summed E-state index contributed by atoms with van der Waals surface area (Å²) in [5, 5.41) is 0. The predicted octanol–water partition coefficient (Wildman–Crippen LogP) is 5.24. The van der Waals surface area contributed by atoms with Crippen LogP contribution in [-0.4, -0.2) is 19.3 Å². The van der Waals surface area contributed by atoms with Crippen molar-refractivity contribution in [2.45, 2.75) is 33.6 Å². The summed E-state index contributed by atoms with van der Waals surface area (Å²) < 4.78 is 0. The fourth-order valence-electron chi connectivity index (χ4n) is 2.80. The van der Waals surface area contributed by atoms with Crippen LogP contribution in [0.1, 0.15) is 39.2 Å². The van der Waals surface area contributed by atoms with Gasteiger partial charge in [0.2, 0.25) is 0 Å². The fourth-order valence-corrected chi connectivity index (χ4v) is 2.80. The maximum Gasteiger partial charge on any atom is 0.0402 e. The molecule has 0 atom stereocenters. The van der Waals surface area contributed by atoms with Gasteiger partial charge in [0, 0.05) is 30.7 Å². The summed E-state index contributed by atoms with van der Waals surface area (Å²) in [5.41, 5.74) is 6.07. The topological polar surface area (TPSA) is 15.6 Å². The summed E-state index contributed by atoms with van der Waals surface area (Å²) in [4.78, 5) is 6.71. The second-order valence-electron chi connectivity index (χ2n) is 5.43. The molecule has 2 nitrogen and oxygen atoms in total. The van der Waals surface area contributed by atoms with E-state index >= 15 is 0 Å². The average Bonchev–Trinajstić information content (AvgIpc) is 2.57. The lowest BCUT2D eigenvalue weighted by atomic mass is 9.92. The SMILES string of the molecule is C=C(C1=CC=C(N=CC)CC1)c1ccc(N(CC)CC)cc1. The van der Waals surface area contributed by atoms with E-state index in [0.717, 1.165) is 37.2 Å². The molecule has 0 amide bonds. The molecule has 0 fully saturated rings. The van der Waals surface area contributed by atoms with Gasteiger partial charge in [-0.15, -0.1) is 0 Å². The molecule has 0 spiro atoms. The van der Waals surface area contributed by atoms with Crippen molar-refractivity contribution in [3.05, 3.63) is 59.8 Å². The zero-order chi connectivity index (χ0) is 15.9. The number of rotatable bonds is 6. The first kappa shape index (κ1) is 16.3. The molecule has 1 aliphatic carbocycles. The number of benzene rings is 1. The quantitative estimate of drug-likeness (QED) is 0.655. The molecule has 0 saturated heterocycles. The van der Waals surface area contributed by atoms with Crippen LogP contribution >= 0.6 is 0 Å². The van der Waals surface area contributed by atoms with Crippen molar-refractivity contribution in [2.24, 2.45) is 4.99 Å². The van der Waals surface area contributed by atoms with Crippen LogP contribution in [0, 0.1) is 0 Å². The molecule has 1 aromatic rings. The minimum absolute atomic E-state index is 0.993. The van der Waals surface area contributed by atoms with Gasteiger partial charge in [-0.2, -0.15) is 0 Å². The number of hydrogen-bond acceptors (Lipinski definition) is 2. The highest BCUT2D eigenvalue weighted by molar-refractivity contribution is 5.78. The molecule has 0 N–H and O–H groups in total. The Morgan fingerprint density at radius 2 is 1.82 bits per heavy atom. The molecular formula is C20H26N2. The normalized spacial score (nSPS) is 14.7. The van der Waals surface area contributed by atoms with E-state index in [9.17, 15) is 0 Å². The van der Waals surface area contributed by atoms with E-state index < -0.39 is 0 Å². The third kappa shape index (κ3) is 3.76. The molecule has 1 aliphatic rings. The standard InChI is InChI=1S/C20H26N2/c1-5-21-19-12-8-17(9-13-19)16(4)18-10-14-20(15-11-18)22(6-2)7-3/h5,8,10-12,14-15H,4,6-7,9,13H2,1-3H3. The van der Waals surface area contributed by atoms with Crippen LogP contribution in [0.4, 0.5) is 5.69 Å². The first-order valence-electron chi connectivity index (χ1n) is 8.12. The van der Waals surface area contributed by atoms with Gasteiger partial charge >= 0.3 is 0 Å². The Labute approximate surface area is 134 Å². The van der Waals surface area contributed by atoms with Crippen molar-refractivity contribution < 1.29 is 0 Å². The van der Waals surface area contributed by atoms with Gasteiger partial charge in [-0.25, -0.2) is 0 Å². The lowest BCUT2D eigenvalue weighted by Crippen LogP contribution is -2.21. The van der Waals surface area contributed by atoms with E-state index in [-0.39, 0.29) is 0 Å². The molecule has 0 aliphatic heterocycles. The van der Waals surface area contributed by atoms with Crippen LogP contribution in [0.15, 0.2) is 59.3 Å². The molecule has 116 valence electrons. The van der Waals surface area contributed by atoms with Gasteiger partial charge in [-0.05, 0) is 68.5 Å². The maximum absolute atomic E-state index is 4.36. The van der Waals surface area contributed by atoms with Crippen LogP contribution in [0.3, 0.4) is 0 Å². The Balaban J connectivity index is 2.14. The van der Waals surface area contributed by atoms with Crippen molar-refractivity contribution in [1.29, 1.82) is 0 Å². The van der Waals surface area contributed by atoms with Crippen molar-refractivity contribution in [3.8, 4) is 0 Å². The van der Waals surface area contributed by atoms with Crippen molar-refractivity contribution in [1.82, 2.24) is 0 Å². The lowest BCUT2D eigenvalue weighted by molar-refractivity contribution is 0.866. The van der Waals surface area contributed by atoms with Crippen LogP contribution in [0.2, 0.25) is 0 Å². The molecule has 1 aromatic carbocycles. The maximum atomic E-state index is 4.36. The average molecular weight is 294 g/mol. The molecule has 0 aromatic heterocycles. The highest BCUT2D eigenvalue weighted by Gasteiger charge is 2.10. The Morgan fingerprint density at radius 3 is 2.32 bits per heavy atom. The van der Waals surface area contributed by atoms with Crippen LogP contribution < -0.4 is 4.90 Å². The first-order chi connectivity index (χ1) is 10.7. The zero-order valence-electron chi connectivity index (χ0n) is 14.0. The Hall–Kier alpha value is -2.09. The molecule has 0 unspecified atom stereocenters. The van der Waals surface area contributed by atoms with E-state index in [1.165, 1.54) is 16.8 Å². The number of nitrogens with zero attached hydrogens (tertiary/aromatic N) is 2. The van der Waals surface area contributed by atoms with Gasteiger partial charge in [0.15, 0.2) is 0 Å². The predicted molar refractivity (Wildman–Crippen MR) is 98.6 cm³/mol. The highest BCUT2D eigenvalue weighted by Crippen LogP contribution is 2.30. The summed E-state index contributed by atoms with van der Waals surface area (Å²) in [5.74, 6) is 0. The van der Waals surface area contributed by atoms with Gasteiger partial charge < -0.3 is 4.90 Å². The molecule has 0 heterocycles. The van der Waals surface area contributed by atoms with Gasteiger partial charge in [0.05, 0.1) is 0 Å². The molecule has 0 saturated carbocycles. The van der Waals surface area contributed by atoms with Crippen LogP contribution in [0.5, 0.6) is 0 Å². The Morgan fingerprint density at radius 1 is 1.14 bits per heavy atom. The van der Waals surface area contributed by atoms with Crippen molar-refractivity contribution in [2.75, 3.05) is 18.0 Å².